The highest BCUT2D eigenvalue weighted by Crippen LogP contribution is 2.24. The molecule has 1 amide bonds. The lowest BCUT2D eigenvalue weighted by molar-refractivity contribution is -0.121. The Bertz CT molecular complexity index is 916. The van der Waals surface area contributed by atoms with E-state index in [1.54, 1.807) is 18.3 Å². The zero-order chi connectivity index (χ0) is 19.3. The number of halogens is 1. The van der Waals surface area contributed by atoms with Gasteiger partial charge in [-0.15, -0.1) is 0 Å². The molecule has 2 heterocycles. The van der Waals surface area contributed by atoms with Crippen LogP contribution in [0.1, 0.15) is 18.7 Å². The van der Waals surface area contributed by atoms with Gasteiger partial charge in [0.05, 0.1) is 12.7 Å². The number of oxazole rings is 1. The molecule has 3 aromatic rings. The minimum atomic E-state index is -0.275. The lowest BCUT2D eigenvalue weighted by Gasteiger charge is -2.30. The molecule has 0 unspecified atom stereocenters. The molecule has 5 nitrogen and oxygen atoms in total. The molecule has 1 N–H and O–H groups in total. The Morgan fingerprint density at radius 3 is 2.54 bits per heavy atom. The van der Waals surface area contributed by atoms with Crippen LogP contribution in [-0.4, -0.2) is 28.9 Å². The predicted molar refractivity (Wildman–Crippen MR) is 105 cm³/mol. The standard InChI is InChI=1S/C22H22FN3O2/c23-18-8-6-16(7-9-18)20-14-24-21(28-20)15-26-12-10-17(11-13-26)22(27)25-19-4-2-1-3-5-19/h1-9,14,17H,10-13,15H2,(H,25,27). The van der Waals surface area contributed by atoms with Crippen LogP contribution in [0.3, 0.4) is 0 Å². The fourth-order valence-corrected chi connectivity index (χ4v) is 3.44. The van der Waals surface area contributed by atoms with Gasteiger partial charge in [0, 0.05) is 17.2 Å². The SMILES string of the molecule is O=C(Nc1ccccc1)C1CCN(Cc2ncc(-c3ccc(F)cc3)o2)CC1. The third-order valence-electron chi connectivity index (χ3n) is 5.04. The van der Waals surface area contributed by atoms with Crippen LogP contribution in [0.25, 0.3) is 11.3 Å². The van der Waals surface area contributed by atoms with E-state index >= 15 is 0 Å². The van der Waals surface area contributed by atoms with Gasteiger partial charge < -0.3 is 9.73 Å². The van der Waals surface area contributed by atoms with Gasteiger partial charge in [-0.25, -0.2) is 9.37 Å². The van der Waals surface area contributed by atoms with Crippen molar-refractivity contribution >= 4 is 11.6 Å². The lowest BCUT2D eigenvalue weighted by atomic mass is 9.96. The van der Waals surface area contributed by atoms with Crippen LogP contribution < -0.4 is 5.32 Å². The maximum absolute atomic E-state index is 13.0. The van der Waals surface area contributed by atoms with Crippen LogP contribution in [-0.2, 0) is 11.3 Å². The summed E-state index contributed by atoms with van der Waals surface area (Å²) in [5, 5.41) is 2.99. The first-order chi connectivity index (χ1) is 13.7. The van der Waals surface area contributed by atoms with Gasteiger partial charge >= 0.3 is 0 Å². The molecule has 0 bridgehead atoms. The first kappa shape index (κ1) is 18.4. The number of piperidine rings is 1. The zero-order valence-electron chi connectivity index (χ0n) is 15.5. The average Bonchev–Trinajstić information content (AvgIpc) is 3.18. The molecule has 0 atom stereocenters. The first-order valence-corrected chi connectivity index (χ1v) is 9.46. The molecule has 144 valence electrons. The molecule has 1 aliphatic heterocycles. The number of nitrogens with one attached hydrogen (secondary N) is 1. The number of amides is 1. The van der Waals surface area contributed by atoms with Crippen molar-refractivity contribution < 1.29 is 13.6 Å². The summed E-state index contributed by atoms with van der Waals surface area (Å²) in [6.07, 6.45) is 3.29. The van der Waals surface area contributed by atoms with Crippen LogP contribution in [0.2, 0.25) is 0 Å². The van der Waals surface area contributed by atoms with Crippen molar-refractivity contribution in [1.82, 2.24) is 9.88 Å². The predicted octanol–water partition coefficient (Wildman–Crippen LogP) is 4.33. The van der Waals surface area contributed by atoms with Crippen LogP contribution in [0.4, 0.5) is 10.1 Å². The molecule has 0 spiro atoms. The lowest BCUT2D eigenvalue weighted by Crippen LogP contribution is -2.37. The summed E-state index contributed by atoms with van der Waals surface area (Å²) in [7, 11) is 0. The van der Waals surface area contributed by atoms with E-state index in [1.165, 1.54) is 12.1 Å². The Labute approximate surface area is 163 Å². The number of hydrogen-bond donors (Lipinski definition) is 1. The van der Waals surface area contributed by atoms with E-state index in [0.717, 1.165) is 37.2 Å². The fraction of sp³-hybridized carbons (Fsp3) is 0.273. The largest absolute Gasteiger partial charge is 0.439 e. The number of rotatable bonds is 5. The van der Waals surface area contributed by atoms with E-state index in [2.05, 4.69) is 15.2 Å². The highest BCUT2D eigenvalue weighted by molar-refractivity contribution is 5.92. The van der Waals surface area contributed by atoms with Gasteiger partial charge in [-0.1, -0.05) is 18.2 Å². The molecular formula is C22H22FN3O2. The summed E-state index contributed by atoms with van der Waals surface area (Å²) in [4.78, 5) is 19.0. The third kappa shape index (κ3) is 4.46. The van der Waals surface area contributed by atoms with Crippen molar-refractivity contribution in [1.29, 1.82) is 0 Å². The van der Waals surface area contributed by atoms with Crippen molar-refractivity contribution in [3.63, 3.8) is 0 Å². The topological polar surface area (TPSA) is 58.4 Å². The Balaban J connectivity index is 1.29. The van der Waals surface area contributed by atoms with E-state index in [4.69, 9.17) is 4.42 Å². The highest BCUT2D eigenvalue weighted by Gasteiger charge is 2.25. The van der Waals surface area contributed by atoms with Gasteiger partial charge in [0.15, 0.2) is 5.76 Å². The molecule has 6 heteroatoms. The molecule has 0 saturated carbocycles. The second kappa shape index (κ2) is 8.35. The Hall–Kier alpha value is -2.99. The van der Waals surface area contributed by atoms with E-state index in [0.29, 0.717) is 18.2 Å². The van der Waals surface area contributed by atoms with Crippen molar-refractivity contribution in [2.45, 2.75) is 19.4 Å². The maximum atomic E-state index is 13.0. The number of para-hydroxylation sites is 1. The highest BCUT2D eigenvalue weighted by atomic mass is 19.1. The normalized spacial score (nSPS) is 15.5. The number of hydrogen-bond acceptors (Lipinski definition) is 4. The minimum Gasteiger partial charge on any atom is -0.439 e. The van der Waals surface area contributed by atoms with Crippen LogP contribution >= 0.6 is 0 Å². The van der Waals surface area contributed by atoms with E-state index in [1.807, 2.05) is 30.3 Å². The number of nitrogens with zero attached hydrogens (tertiary/aromatic N) is 2. The number of anilines is 1. The Morgan fingerprint density at radius 2 is 1.82 bits per heavy atom. The fourth-order valence-electron chi connectivity index (χ4n) is 3.44. The smallest absolute Gasteiger partial charge is 0.227 e. The van der Waals surface area contributed by atoms with Crippen molar-refractivity contribution in [3.8, 4) is 11.3 Å². The molecule has 1 aromatic heterocycles. The molecule has 28 heavy (non-hydrogen) atoms. The van der Waals surface area contributed by atoms with Crippen LogP contribution in [0, 0.1) is 11.7 Å². The average molecular weight is 379 g/mol. The molecule has 1 aliphatic rings. The Morgan fingerprint density at radius 1 is 1.11 bits per heavy atom. The van der Waals surface area contributed by atoms with Gasteiger partial charge in [-0.05, 0) is 62.3 Å². The number of benzene rings is 2. The van der Waals surface area contributed by atoms with Gasteiger partial charge in [-0.2, -0.15) is 0 Å². The number of carbonyl (C=O) groups is 1. The van der Waals surface area contributed by atoms with Gasteiger partial charge in [0.25, 0.3) is 0 Å². The molecule has 4 rings (SSSR count). The van der Waals surface area contributed by atoms with Crippen molar-refractivity contribution in [3.05, 3.63) is 72.5 Å². The number of aromatic nitrogens is 1. The number of likely N-dealkylation sites (tertiary alicyclic amines) is 1. The maximum Gasteiger partial charge on any atom is 0.227 e. The number of carbonyl (C=O) groups excluding carboxylic acids is 1. The van der Waals surface area contributed by atoms with Crippen LogP contribution in [0.15, 0.2) is 65.2 Å². The van der Waals surface area contributed by atoms with Crippen molar-refractivity contribution in [2.75, 3.05) is 18.4 Å². The summed E-state index contributed by atoms with van der Waals surface area (Å²) in [6, 6.07) is 15.7. The monoisotopic (exact) mass is 379 g/mol. The molecule has 1 saturated heterocycles. The van der Waals surface area contributed by atoms with Gasteiger partial charge in [0.1, 0.15) is 5.82 Å². The summed E-state index contributed by atoms with van der Waals surface area (Å²) in [5.41, 5.74) is 1.64. The van der Waals surface area contributed by atoms with E-state index in [-0.39, 0.29) is 17.6 Å². The zero-order valence-corrected chi connectivity index (χ0v) is 15.5. The third-order valence-corrected chi connectivity index (χ3v) is 5.04. The Kier molecular flexibility index (Phi) is 5.48. The molecule has 2 aromatic carbocycles. The quantitative estimate of drug-likeness (QED) is 0.717. The first-order valence-electron chi connectivity index (χ1n) is 9.46. The molecule has 0 aliphatic carbocycles. The minimum absolute atomic E-state index is 0.0239. The second-order valence-corrected chi connectivity index (χ2v) is 7.03. The van der Waals surface area contributed by atoms with Gasteiger partial charge in [0.2, 0.25) is 11.8 Å². The molecular weight excluding hydrogens is 357 g/mol. The summed E-state index contributed by atoms with van der Waals surface area (Å²) < 4.78 is 18.9. The van der Waals surface area contributed by atoms with E-state index in [9.17, 15) is 9.18 Å². The van der Waals surface area contributed by atoms with Gasteiger partial charge in [-0.3, -0.25) is 9.69 Å². The summed E-state index contributed by atoms with van der Waals surface area (Å²) >= 11 is 0. The van der Waals surface area contributed by atoms with E-state index < -0.39 is 0 Å². The summed E-state index contributed by atoms with van der Waals surface area (Å²) in [5.74, 6) is 1.10. The van der Waals surface area contributed by atoms with Crippen LogP contribution in [0.5, 0.6) is 0 Å². The van der Waals surface area contributed by atoms with Crippen molar-refractivity contribution in [2.24, 2.45) is 5.92 Å². The summed E-state index contributed by atoms with van der Waals surface area (Å²) in [6.45, 7) is 2.25. The molecule has 1 fully saturated rings. The molecule has 0 radical (unpaired) electrons. The second-order valence-electron chi connectivity index (χ2n) is 7.03.